The SMILES string of the molecule is CC(O)(CNC(=O)c1csc(CNC(=O)OCC2c3ccccc3-c3ccccc32)n1)CC(=O)O. The number of thiazole rings is 1. The van der Waals surface area contributed by atoms with Crippen molar-refractivity contribution < 1.29 is 29.3 Å². The summed E-state index contributed by atoms with van der Waals surface area (Å²) in [6.45, 7) is 1.38. The minimum Gasteiger partial charge on any atom is -0.481 e. The number of benzene rings is 2. The van der Waals surface area contributed by atoms with Gasteiger partial charge in [-0.05, 0) is 29.2 Å². The number of nitrogens with zero attached hydrogens (tertiary/aromatic N) is 1. The van der Waals surface area contributed by atoms with E-state index in [9.17, 15) is 19.5 Å². The van der Waals surface area contributed by atoms with E-state index in [0.29, 0.717) is 5.01 Å². The molecule has 0 saturated heterocycles. The molecule has 10 heteroatoms. The van der Waals surface area contributed by atoms with E-state index < -0.39 is 30.0 Å². The van der Waals surface area contributed by atoms with E-state index in [1.54, 1.807) is 0 Å². The maximum atomic E-state index is 12.3. The lowest BCUT2D eigenvalue weighted by atomic mass is 9.98. The van der Waals surface area contributed by atoms with Crippen LogP contribution in [0.25, 0.3) is 11.1 Å². The largest absolute Gasteiger partial charge is 0.481 e. The van der Waals surface area contributed by atoms with Gasteiger partial charge in [-0.3, -0.25) is 9.59 Å². The molecule has 1 atom stereocenters. The number of rotatable bonds is 9. The van der Waals surface area contributed by atoms with Gasteiger partial charge in [-0.2, -0.15) is 0 Å². The highest BCUT2D eigenvalue weighted by molar-refractivity contribution is 7.09. The van der Waals surface area contributed by atoms with Crippen molar-refractivity contribution in [3.8, 4) is 11.1 Å². The average molecular weight is 496 g/mol. The van der Waals surface area contributed by atoms with Crippen molar-refractivity contribution in [3.63, 3.8) is 0 Å². The first-order valence-electron chi connectivity index (χ1n) is 11.0. The van der Waals surface area contributed by atoms with Crippen molar-refractivity contribution in [2.45, 2.75) is 31.4 Å². The average Bonchev–Trinajstić information content (AvgIpc) is 3.42. The van der Waals surface area contributed by atoms with Crippen molar-refractivity contribution in [1.82, 2.24) is 15.6 Å². The third-order valence-electron chi connectivity index (χ3n) is 5.67. The highest BCUT2D eigenvalue weighted by Gasteiger charge is 2.29. The Morgan fingerprint density at radius 3 is 2.31 bits per heavy atom. The molecule has 1 aliphatic rings. The number of amides is 2. The van der Waals surface area contributed by atoms with Gasteiger partial charge < -0.3 is 25.6 Å². The van der Waals surface area contributed by atoms with Gasteiger partial charge in [0.25, 0.3) is 5.91 Å². The van der Waals surface area contributed by atoms with Crippen molar-refractivity contribution in [1.29, 1.82) is 0 Å². The van der Waals surface area contributed by atoms with Gasteiger partial charge >= 0.3 is 12.1 Å². The predicted molar refractivity (Wildman–Crippen MR) is 129 cm³/mol. The molecule has 4 N–H and O–H groups in total. The normalized spacial score (nSPS) is 13.9. The summed E-state index contributed by atoms with van der Waals surface area (Å²) in [6.07, 6.45) is -1.09. The molecule has 0 spiro atoms. The molecule has 0 bridgehead atoms. The lowest BCUT2D eigenvalue weighted by molar-refractivity contribution is -0.141. The fraction of sp³-hybridized carbons (Fsp3) is 0.280. The van der Waals surface area contributed by atoms with Gasteiger partial charge in [0.1, 0.15) is 17.3 Å². The Morgan fingerprint density at radius 2 is 1.69 bits per heavy atom. The minimum absolute atomic E-state index is 0.0401. The number of carboxylic acids is 1. The molecule has 9 nitrogen and oxygen atoms in total. The van der Waals surface area contributed by atoms with Gasteiger partial charge in [-0.15, -0.1) is 11.3 Å². The summed E-state index contributed by atoms with van der Waals surface area (Å²) in [5.74, 6) is -1.75. The first kappa shape index (κ1) is 24.4. The predicted octanol–water partition coefficient (Wildman–Crippen LogP) is 3.14. The van der Waals surface area contributed by atoms with Crippen molar-refractivity contribution in [3.05, 3.63) is 75.7 Å². The van der Waals surface area contributed by atoms with E-state index in [4.69, 9.17) is 9.84 Å². The summed E-state index contributed by atoms with van der Waals surface area (Å²) < 4.78 is 5.50. The molecule has 35 heavy (non-hydrogen) atoms. The number of alkyl carbamates (subject to hydrolysis) is 1. The van der Waals surface area contributed by atoms with E-state index in [2.05, 4.69) is 27.8 Å². The molecule has 2 amide bonds. The number of aromatic nitrogens is 1. The van der Waals surface area contributed by atoms with Crippen LogP contribution in [0.4, 0.5) is 4.79 Å². The number of carbonyl (C=O) groups excluding carboxylic acids is 2. The summed E-state index contributed by atoms with van der Waals surface area (Å²) in [4.78, 5) is 39.5. The number of carboxylic acid groups (broad SMARTS) is 1. The molecule has 0 aliphatic heterocycles. The number of hydrogen-bond acceptors (Lipinski definition) is 7. The summed E-state index contributed by atoms with van der Waals surface area (Å²) in [5.41, 5.74) is 3.08. The zero-order chi connectivity index (χ0) is 25.0. The smallest absolute Gasteiger partial charge is 0.407 e. The molecule has 0 fully saturated rings. The van der Waals surface area contributed by atoms with Crippen molar-refractivity contribution in [2.75, 3.05) is 13.2 Å². The van der Waals surface area contributed by atoms with Crippen molar-refractivity contribution in [2.24, 2.45) is 0 Å². The van der Waals surface area contributed by atoms with Gasteiger partial charge in [0.05, 0.1) is 18.6 Å². The number of ether oxygens (including phenoxy) is 1. The number of aliphatic hydroxyl groups is 1. The van der Waals surface area contributed by atoms with Crippen molar-refractivity contribution >= 4 is 29.3 Å². The zero-order valence-corrected chi connectivity index (χ0v) is 19.8. The van der Waals surface area contributed by atoms with E-state index in [1.807, 2.05) is 36.4 Å². The molecular formula is C25H25N3O6S. The van der Waals surface area contributed by atoms with E-state index in [-0.39, 0.29) is 31.3 Å². The van der Waals surface area contributed by atoms with Gasteiger partial charge in [-0.25, -0.2) is 9.78 Å². The monoisotopic (exact) mass is 495 g/mol. The van der Waals surface area contributed by atoms with Crippen LogP contribution in [0.5, 0.6) is 0 Å². The fourth-order valence-electron chi connectivity index (χ4n) is 4.04. The molecule has 4 rings (SSSR count). The van der Waals surface area contributed by atoms with Gasteiger partial charge in [0.2, 0.25) is 0 Å². The molecule has 0 radical (unpaired) electrons. The van der Waals surface area contributed by atoms with Crippen LogP contribution in [0.15, 0.2) is 53.9 Å². The van der Waals surface area contributed by atoms with Crippen LogP contribution in [-0.2, 0) is 16.1 Å². The lowest BCUT2D eigenvalue weighted by Crippen LogP contribution is -2.42. The number of nitrogens with one attached hydrogen (secondary N) is 2. The third-order valence-corrected chi connectivity index (χ3v) is 6.52. The van der Waals surface area contributed by atoms with Crippen LogP contribution in [0.2, 0.25) is 0 Å². The van der Waals surface area contributed by atoms with Crippen LogP contribution in [0.3, 0.4) is 0 Å². The number of fused-ring (bicyclic) bond motifs is 3. The highest BCUT2D eigenvalue weighted by Crippen LogP contribution is 2.44. The number of hydrogen-bond donors (Lipinski definition) is 4. The molecule has 0 saturated carbocycles. The Kier molecular flexibility index (Phi) is 7.13. The van der Waals surface area contributed by atoms with E-state index in [1.165, 1.54) is 23.6 Å². The Hall–Kier alpha value is -3.76. The maximum absolute atomic E-state index is 12.3. The molecule has 1 aliphatic carbocycles. The van der Waals surface area contributed by atoms with Gasteiger partial charge in [-0.1, -0.05) is 48.5 Å². The van der Waals surface area contributed by atoms with Crippen LogP contribution in [-0.4, -0.2) is 51.9 Å². The summed E-state index contributed by atoms with van der Waals surface area (Å²) >= 11 is 1.19. The standard InChI is InChI=1S/C25H25N3O6S/c1-25(33,10-22(29)30)14-27-23(31)20-13-35-21(28-20)11-26-24(32)34-12-19-17-8-4-2-6-15(17)16-7-3-5-9-18(16)19/h2-9,13,19,33H,10-12,14H2,1H3,(H,26,32)(H,27,31)(H,29,30). The van der Waals surface area contributed by atoms with Crippen LogP contribution >= 0.6 is 11.3 Å². The zero-order valence-electron chi connectivity index (χ0n) is 19.0. The second kappa shape index (κ2) is 10.2. The molecule has 2 aromatic carbocycles. The van der Waals surface area contributed by atoms with Crippen LogP contribution < -0.4 is 10.6 Å². The molecule has 1 aromatic heterocycles. The Balaban J connectivity index is 1.27. The first-order chi connectivity index (χ1) is 16.7. The number of carbonyl (C=O) groups is 3. The Bertz CT molecular complexity index is 1210. The lowest BCUT2D eigenvalue weighted by Gasteiger charge is -2.21. The molecule has 182 valence electrons. The summed E-state index contributed by atoms with van der Waals surface area (Å²) in [6, 6.07) is 16.2. The Morgan fingerprint density at radius 1 is 1.06 bits per heavy atom. The quantitative estimate of drug-likeness (QED) is 0.358. The second-order valence-electron chi connectivity index (χ2n) is 8.56. The second-order valence-corrected chi connectivity index (χ2v) is 9.50. The molecular weight excluding hydrogens is 470 g/mol. The van der Waals surface area contributed by atoms with E-state index >= 15 is 0 Å². The minimum atomic E-state index is -1.58. The van der Waals surface area contributed by atoms with Crippen LogP contribution in [0.1, 0.15) is 45.9 Å². The molecule has 1 heterocycles. The third kappa shape index (κ3) is 5.84. The first-order valence-corrected chi connectivity index (χ1v) is 11.9. The topological polar surface area (TPSA) is 138 Å². The summed E-state index contributed by atoms with van der Waals surface area (Å²) in [7, 11) is 0. The van der Waals surface area contributed by atoms with Gasteiger partial charge in [0, 0.05) is 17.8 Å². The van der Waals surface area contributed by atoms with E-state index in [0.717, 1.165) is 22.3 Å². The Labute approximate surface area is 205 Å². The molecule has 3 aromatic rings. The maximum Gasteiger partial charge on any atom is 0.407 e. The number of aliphatic carboxylic acids is 1. The van der Waals surface area contributed by atoms with Gasteiger partial charge in [0.15, 0.2) is 0 Å². The summed E-state index contributed by atoms with van der Waals surface area (Å²) in [5, 5.41) is 25.9. The van der Waals surface area contributed by atoms with Crippen LogP contribution in [0, 0.1) is 0 Å². The molecule has 1 unspecified atom stereocenters. The highest BCUT2D eigenvalue weighted by atomic mass is 32.1. The fourth-order valence-corrected chi connectivity index (χ4v) is 4.76.